The lowest BCUT2D eigenvalue weighted by atomic mass is 10.2. The summed E-state index contributed by atoms with van der Waals surface area (Å²) in [6, 6.07) is 1.87. The Hall–Kier alpha value is -0.940. The molecular weight excluding hydrogens is 197 g/mol. The molecule has 0 amide bonds. The van der Waals surface area contributed by atoms with Crippen LogP contribution in [0, 0.1) is 0 Å². The van der Waals surface area contributed by atoms with E-state index >= 15 is 0 Å². The molecule has 1 saturated heterocycles. The van der Waals surface area contributed by atoms with E-state index in [0.29, 0.717) is 19.5 Å². The summed E-state index contributed by atoms with van der Waals surface area (Å²) in [7, 11) is 1.87. The van der Waals surface area contributed by atoms with Crippen molar-refractivity contribution in [3.8, 4) is 0 Å². The van der Waals surface area contributed by atoms with Crippen molar-refractivity contribution in [1.82, 2.24) is 14.7 Å². The number of rotatable bonds is 3. The second kappa shape index (κ2) is 4.28. The van der Waals surface area contributed by atoms with Crippen LogP contribution in [-0.4, -0.2) is 45.2 Å². The summed E-state index contributed by atoms with van der Waals surface area (Å²) < 4.78 is 14.9. The first-order valence-electron chi connectivity index (χ1n) is 5.16. The van der Waals surface area contributed by atoms with Gasteiger partial charge in [-0.05, 0) is 12.5 Å². The molecule has 0 saturated carbocycles. The fraction of sp³-hybridized carbons (Fsp3) is 0.700. The Morgan fingerprint density at radius 3 is 3.07 bits per heavy atom. The van der Waals surface area contributed by atoms with Gasteiger partial charge in [0.2, 0.25) is 0 Å². The molecule has 0 aromatic carbocycles. The van der Waals surface area contributed by atoms with Gasteiger partial charge in [-0.2, -0.15) is 5.10 Å². The molecular formula is C10H16FN3O. The fourth-order valence-corrected chi connectivity index (χ4v) is 2.07. The van der Waals surface area contributed by atoms with Gasteiger partial charge in [-0.1, -0.05) is 0 Å². The van der Waals surface area contributed by atoms with Crippen molar-refractivity contribution in [3.05, 3.63) is 18.0 Å². The number of likely N-dealkylation sites (tertiary alicyclic amines) is 1. The second-order valence-electron chi connectivity index (χ2n) is 4.04. The molecule has 15 heavy (non-hydrogen) atoms. The minimum atomic E-state index is -0.810. The number of aliphatic hydroxyl groups is 1. The first-order chi connectivity index (χ1) is 7.20. The Morgan fingerprint density at radius 2 is 2.47 bits per heavy atom. The first-order valence-corrected chi connectivity index (χ1v) is 5.16. The van der Waals surface area contributed by atoms with Crippen molar-refractivity contribution in [2.45, 2.75) is 25.2 Å². The van der Waals surface area contributed by atoms with E-state index in [-0.39, 0.29) is 12.6 Å². The number of halogens is 1. The summed E-state index contributed by atoms with van der Waals surface area (Å²) in [4.78, 5) is 1.97. The largest absolute Gasteiger partial charge is 0.395 e. The van der Waals surface area contributed by atoms with Crippen LogP contribution in [0.5, 0.6) is 0 Å². The zero-order valence-electron chi connectivity index (χ0n) is 8.80. The first kappa shape index (κ1) is 10.6. The molecule has 0 bridgehead atoms. The fourth-order valence-electron chi connectivity index (χ4n) is 2.07. The lowest BCUT2D eigenvalue weighted by molar-refractivity contribution is 0.150. The van der Waals surface area contributed by atoms with Gasteiger partial charge < -0.3 is 5.11 Å². The molecule has 84 valence electrons. The highest BCUT2D eigenvalue weighted by molar-refractivity contribution is 5.01. The van der Waals surface area contributed by atoms with E-state index in [1.807, 2.05) is 18.0 Å². The minimum Gasteiger partial charge on any atom is -0.395 e. The molecule has 1 fully saturated rings. The van der Waals surface area contributed by atoms with Gasteiger partial charge in [-0.15, -0.1) is 0 Å². The maximum Gasteiger partial charge on any atom is 0.114 e. The quantitative estimate of drug-likeness (QED) is 0.786. The minimum absolute atomic E-state index is 0.0261. The Bertz CT molecular complexity index is 328. The molecule has 0 radical (unpaired) electrons. The van der Waals surface area contributed by atoms with Crippen molar-refractivity contribution in [1.29, 1.82) is 0 Å². The van der Waals surface area contributed by atoms with Gasteiger partial charge in [0.1, 0.15) is 6.17 Å². The van der Waals surface area contributed by atoms with Crippen molar-refractivity contribution in [3.63, 3.8) is 0 Å². The Kier molecular flexibility index (Phi) is 3.02. The molecule has 2 heterocycles. The zero-order valence-corrected chi connectivity index (χ0v) is 8.80. The molecule has 2 rings (SSSR count). The number of aryl methyl sites for hydroxylation is 1. The topological polar surface area (TPSA) is 41.3 Å². The van der Waals surface area contributed by atoms with Crippen LogP contribution in [0.2, 0.25) is 0 Å². The summed E-state index contributed by atoms with van der Waals surface area (Å²) >= 11 is 0. The Labute approximate surface area is 88.3 Å². The number of hydrogen-bond acceptors (Lipinski definition) is 3. The number of aliphatic hydroxyl groups excluding tert-OH is 1. The van der Waals surface area contributed by atoms with Crippen molar-refractivity contribution in [2.75, 3.05) is 13.2 Å². The molecule has 5 heteroatoms. The van der Waals surface area contributed by atoms with Crippen molar-refractivity contribution < 1.29 is 9.50 Å². The van der Waals surface area contributed by atoms with Gasteiger partial charge in [0.05, 0.1) is 12.3 Å². The van der Waals surface area contributed by atoms with Gasteiger partial charge >= 0.3 is 0 Å². The van der Waals surface area contributed by atoms with E-state index in [0.717, 1.165) is 5.69 Å². The normalized spacial score (nSPS) is 27.4. The highest BCUT2D eigenvalue weighted by atomic mass is 19.1. The number of aromatic nitrogens is 2. The van der Waals surface area contributed by atoms with Crippen LogP contribution in [0.15, 0.2) is 12.3 Å². The van der Waals surface area contributed by atoms with Gasteiger partial charge in [-0.3, -0.25) is 9.58 Å². The summed E-state index contributed by atoms with van der Waals surface area (Å²) in [5.74, 6) is 0. The van der Waals surface area contributed by atoms with E-state index in [9.17, 15) is 4.39 Å². The summed E-state index contributed by atoms with van der Waals surface area (Å²) in [6.45, 7) is 1.09. The van der Waals surface area contributed by atoms with E-state index in [1.165, 1.54) is 0 Å². The van der Waals surface area contributed by atoms with Crippen molar-refractivity contribution >= 4 is 0 Å². The maximum atomic E-state index is 13.2. The van der Waals surface area contributed by atoms with Gasteiger partial charge in [-0.25, -0.2) is 4.39 Å². The van der Waals surface area contributed by atoms with Gasteiger partial charge in [0.25, 0.3) is 0 Å². The Morgan fingerprint density at radius 1 is 1.67 bits per heavy atom. The van der Waals surface area contributed by atoms with Crippen molar-refractivity contribution in [2.24, 2.45) is 7.05 Å². The molecule has 1 aromatic rings. The highest BCUT2D eigenvalue weighted by Crippen LogP contribution is 2.21. The lowest BCUT2D eigenvalue weighted by Crippen LogP contribution is -2.32. The predicted molar refractivity (Wildman–Crippen MR) is 54.0 cm³/mol. The number of nitrogens with zero attached hydrogens (tertiary/aromatic N) is 3. The zero-order chi connectivity index (χ0) is 10.8. The summed E-state index contributed by atoms with van der Waals surface area (Å²) in [6.07, 6.45) is 1.36. The van der Waals surface area contributed by atoms with Crippen LogP contribution in [0.1, 0.15) is 12.1 Å². The third-order valence-electron chi connectivity index (χ3n) is 2.98. The van der Waals surface area contributed by atoms with E-state index in [2.05, 4.69) is 5.10 Å². The van der Waals surface area contributed by atoms with Crippen LogP contribution in [0.25, 0.3) is 0 Å². The highest BCUT2D eigenvalue weighted by Gasteiger charge is 2.31. The SMILES string of the molecule is Cn1nccc1CN1C[C@@H](F)C[C@H]1CO. The maximum absolute atomic E-state index is 13.2. The molecule has 4 nitrogen and oxygen atoms in total. The second-order valence-corrected chi connectivity index (χ2v) is 4.04. The van der Waals surface area contributed by atoms with Crippen LogP contribution >= 0.6 is 0 Å². The van der Waals surface area contributed by atoms with Crippen LogP contribution in [0.4, 0.5) is 4.39 Å². The molecule has 0 unspecified atom stereocenters. The molecule has 1 N–H and O–H groups in total. The van der Waals surface area contributed by atoms with Crippen LogP contribution in [-0.2, 0) is 13.6 Å². The van der Waals surface area contributed by atoms with Crippen LogP contribution in [0.3, 0.4) is 0 Å². The summed E-state index contributed by atoms with van der Waals surface area (Å²) in [5.41, 5.74) is 1.04. The molecule has 1 aliphatic rings. The van der Waals surface area contributed by atoms with Crippen LogP contribution < -0.4 is 0 Å². The van der Waals surface area contributed by atoms with Gasteiger partial charge in [0.15, 0.2) is 0 Å². The van der Waals surface area contributed by atoms with E-state index < -0.39 is 6.17 Å². The third-order valence-corrected chi connectivity index (χ3v) is 2.98. The monoisotopic (exact) mass is 213 g/mol. The summed E-state index contributed by atoms with van der Waals surface area (Å²) in [5, 5.41) is 13.2. The predicted octanol–water partition coefficient (Wildman–Crippen LogP) is 0.325. The van der Waals surface area contributed by atoms with E-state index in [4.69, 9.17) is 5.11 Å². The average Bonchev–Trinajstić information content (AvgIpc) is 2.75. The molecule has 1 aliphatic heterocycles. The number of hydrogen-bond donors (Lipinski definition) is 1. The Balaban J connectivity index is 2.02. The molecule has 1 aromatic heterocycles. The van der Waals surface area contributed by atoms with Gasteiger partial charge in [0, 0.05) is 32.4 Å². The smallest absolute Gasteiger partial charge is 0.114 e. The third kappa shape index (κ3) is 2.18. The lowest BCUT2D eigenvalue weighted by Gasteiger charge is -2.21. The average molecular weight is 213 g/mol. The molecule has 2 atom stereocenters. The molecule has 0 aliphatic carbocycles. The molecule has 0 spiro atoms. The van der Waals surface area contributed by atoms with E-state index in [1.54, 1.807) is 10.9 Å². The number of alkyl halides is 1. The standard InChI is InChI=1S/C10H16FN3O/c1-13-9(2-3-12-13)6-14-5-8(11)4-10(14)7-15/h2-3,8,10,15H,4-7H2,1H3/t8-,10-/m0/s1.